The third-order valence-electron chi connectivity index (χ3n) is 2.59. The maximum atomic E-state index is 5.79. The molecule has 1 heterocycles. The zero-order valence-electron chi connectivity index (χ0n) is 7.96. The number of nitrogens with two attached hydrogens (primary N) is 1. The van der Waals surface area contributed by atoms with Crippen LogP contribution in [0.3, 0.4) is 0 Å². The van der Waals surface area contributed by atoms with Crippen molar-refractivity contribution in [1.29, 1.82) is 0 Å². The van der Waals surface area contributed by atoms with E-state index in [1.807, 2.05) is 0 Å². The summed E-state index contributed by atoms with van der Waals surface area (Å²) in [7, 11) is 0. The van der Waals surface area contributed by atoms with Gasteiger partial charge in [0.25, 0.3) is 0 Å². The average molecular weight is 176 g/mol. The minimum Gasteiger partial charge on any atom is -0.365 e. The Morgan fingerprint density at radius 3 is 3.31 bits per heavy atom. The molecule has 70 valence electrons. The molecule has 2 atom stereocenters. The Labute approximate surface area is 79.2 Å². The van der Waals surface area contributed by atoms with E-state index in [-0.39, 0.29) is 6.04 Å². The van der Waals surface area contributed by atoms with E-state index in [0.717, 1.165) is 12.8 Å². The van der Waals surface area contributed by atoms with Gasteiger partial charge in [0, 0.05) is 23.9 Å². The lowest BCUT2D eigenvalue weighted by molar-refractivity contribution is 0.637. The first-order valence-corrected chi connectivity index (χ1v) is 4.85. The Bertz CT molecular complexity index is 284. The molecule has 2 unspecified atom stereocenters. The highest BCUT2D eigenvalue weighted by molar-refractivity contribution is 5.34. The molecule has 0 spiro atoms. The van der Waals surface area contributed by atoms with Gasteiger partial charge in [0.1, 0.15) is 0 Å². The summed E-state index contributed by atoms with van der Waals surface area (Å²) < 4.78 is 0. The third-order valence-corrected chi connectivity index (χ3v) is 2.59. The van der Waals surface area contributed by atoms with E-state index < -0.39 is 0 Å². The Hall–Kier alpha value is -1.02. The molecule has 0 aromatic rings. The summed E-state index contributed by atoms with van der Waals surface area (Å²) in [5.41, 5.74) is 8.57. The first kappa shape index (κ1) is 8.57. The van der Waals surface area contributed by atoms with Crippen molar-refractivity contribution in [2.45, 2.75) is 25.8 Å². The first-order chi connectivity index (χ1) is 6.27. The third kappa shape index (κ3) is 1.68. The molecule has 0 saturated carbocycles. The minimum absolute atomic E-state index is 0.262. The van der Waals surface area contributed by atoms with Crippen molar-refractivity contribution in [2.24, 2.45) is 11.7 Å². The molecule has 0 amide bonds. The summed E-state index contributed by atoms with van der Waals surface area (Å²) in [4.78, 5) is 0. The van der Waals surface area contributed by atoms with E-state index in [0.29, 0.717) is 5.92 Å². The van der Waals surface area contributed by atoms with Crippen LogP contribution in [0.2, 0.25) is 0 Å². The van der Waals surface area contributed by atoms with E-state index in [1.165, 1.54) is 11.3 Å². The summed E-state index contributed by atoms with van der Waals surface area (Å²) >= 11 is 0. The fraction of sp³-hybridized carbons (Fsp3) is 0.455. The molecule has 2 rings (SSSR count). The molecule has 1 aliphatic heterocycles. The molecule has 2 aliphatic rings. The predicted molar refractivity (Wildman–Crippen MR) is 54.8 cm³/mol. The Balaban J connectivity index is 2.08. The van der Waals surface area contributed by atoms with E-state index in [9.17, 15) is 0 Å². The van der Waals surface area contributed by atoms with Gasteiger partial charge in [-0.15, -0.1) is 0 Å². The SMILES string of the molecule is CC(N)CC1=CNC2=CC=CCC12. The highest BCUT2D eigenvalue weighted by Crippen LogP contribution is 2.32. The van der Waals surface area contributed by atoms with Crippen LogP contribution in [0.5, 0.6) is 0 Å². The first-order valence-electron chi connectivity index (χ1n) is 4.85. The van der Waals surface area contributed by atoms with Gasteiger partial charge in [-0.05, 0) is 31.4 Å². The van der Waals surface area contributed by atoms with Crippen LogP contribution in [0, 0.1) is 5.92 Å². The Morgan fingerprint density at radius 2 is 2.54 bits per heavy atom. The molecule has 0 saturated heterocycles. The average Bonchev–Trinajstić information content (AvgIpc) is 2.48. The summed E-state index contributed by atoms with van der Waals surface area (Å²) in [6.45, 7) is 2.06. The zero-order chi connectivity index (χ0) is 9.26. The molecular formula is C11H16N2. The monoisotopic (exact) mass is 176 g/mol. The van der Waals surface area contributed by atoms with E-state index >= 15 is 0 Å². The van der Waals surface area contributed by atoms with Crippen molar-refractivity contribution in [3.05, 3.63) is 35.7 Å². The second-order valence-corrected chi connectivity index (χ2v) is 3.88. The summed E-state index contributed by atoms with van der Waals surface area (Å²) in [6, 6.07) is 0.262. The van der Waals surface area contributed by atoms with Crippen LogP contribution in [0.25, 0.3) is 0 Å². The van der Waals surface area contributed by atoms with Gasteiger partial charge in [-0.25, -0.2) is 0 Å². The maximum Gasteiger partial charge on any atom is 0.0252 e. The van der Waals surface area contributed by atoms with Crippen molar-refractivity contribution in [3.8, 4) is 0 Å². The van der Waals surface area contributed by atoms with Crippen LogP contribution in [0.4, 0.5) is 0 Å². The Morgan fingerprint density at radius 1 is 1.69 bits per heavy atom. The van der Waals surface area contributed by atoms with Crippen LogP contribution >= 0.6 is 0 Å². The quantitative estimate of drug-likeness (QED) is 0.671. The number of hydrogen-bond donors (Lipinski definition) is 2. The summed E-state index contributed by atoms with van der Waals surface area (Å²) in [6.07, 6.45) is 10.7. The molecule has 0 fully saturated rings. The number of allylic oxidation sites excluding steroid dienone is 4. The van der Waals surface area contributed by atoms with Gasteiger partial charge in [0.15, 0.2) is 0 Å². The van der Waals surface area contributed by atoms with Crippen molar-refractivity contribution in [3.63, 3.8) is 0 Å². The fourth-order valence-electron chi connectivity index (χ4n) is 1.98. The summed E-state index contributed by atoms with van der Waals surface area (Å²) in [5, 5.41) is 3.31. The lowest BCUT2D eigenvalue weighted by atomic mass is 9.89. The highest BCUT2D eigenvalue weighted by atomic mass is 14.9. The largest absolute Gasteiger partial charge is 0.365 e. The molecule has 2 heteroatoms. The lowest BCUT2D eigenvalue weighted by Gasteiger charge is -2.17. The molecule has 1 aliphatic carbocycles. The highest BCUT2D eigenvalue weighted by Gasteiger charge is 2.24. The number of fused-ring (bicyclic) bond motifs is 1. The molecule has 0 aromatic heterocycles. The lowest BCUT2D eigenvalue weighted by Crippen LogP contribution is -2.18. The minimum atomic E-state index is 0.262. The number of rotatable bonds is 2. The molecule has 0 aromatic carbocycles. The second kappa shape index (κ2) is 3.38. The molecule has 13 heavy (non-hydrogen) atoms. The van der Waals surface area contributed by atoms with Crippen molar-refractivity contribution in [2.75, 3.05) is 0 Å². The molecule has 2 nitrogen and oxygen atoms in total. The van der Waals surface area contributed by atoms with Gasteiger partial charge in [0.05, 0.1) is 0 Å². The van der Waals surface area contributed by atoms with E-state index in [4.69, 9.17) is 5.73 Å². The van der Waals surface area contributed by atoms with Crippen LogP contribution in [0.1, 0.15) is 19.8 Å². The van der Waals surface area contributed by atoms with Gasteiger partial charge in [-0.1, -0.05) is 12.2 Å². The van der Waals surface area contributed by atoms with Crippen LogP contribution in [0.15, 0.2) is 35.7 Å². The van der Waals surface area contributed by atoms with Crippen molar-refractivity contribution < 1.29 is 0 Å². The molecule has 0 radical (unpaired) electrons. The van der Waals surface area contributed by atoms with Gasteiger partial charge in [-0.2, -0.15) is 0 Å². The van der Waals surface area contributed by atoms with E-state index in [2.05, 4.69) is 36.7 Å². The van der Waals surface area contributed by atoms with Crippen molar-refractivity contribution in [1.82, 2.24) is 5.32 Å². The standard InChI is InChI=1S/C11H16N2/c1-8(12)6-9-7-13-11-5-3-2-4-10(9)11/h2-3,5,7-8,10,13H,4,6,12H2,1H3. The summed E-state index contributed by atoms with van der Waals surface area (Å²) in [5.74, 6) is 0.580. The van der Waals surface area contributed by atoms with Crippen LogP contribution in [-0.2, 0) is 0 Å². The smallest absolute Gasteiger partial charge is 0.0252 e. The van der Waals surface area contributed by atoms with Crippen LogP contribution < -0.4 is 11.1 Å². The second-order valence-electron chi connectivity index (χ2n) is 3.88. The van der Waals surface area contributed by atoms with Gasteiger partial charge >= 0.3 is 0 Å². The van der Waals surface area contributed by atoms with Crippen molar-refractivity contribution >= 4 is 0 Å². The predicted octanol–water partition coefficient (Wildman–Crippen LogP) is 1.67. The Kier molecular flexibility index (Phi) is 2.23. The molecule has 3 N–H and O–H groups in total. The normalized spacial score (nSPS) is 27.4. The van der Waals surface area contributed by atoms with Gasteiger partial charge in [0.2, 0.25) is 0 Å². The van der Waals surface area contributed by atoms with Gasteiger partial charge < -0.3 is 11.1 Å². The topological polar surface area (TPSA) is 38.0 Å². The van der Waals surface area contributed by atoms with Crippen LogP contribution in [-0.4, -0.2) is 6.04 Å². The number of hydrogen-bond acceptors (Lipinski definition) is 2. The zero-order valence-corrected chi connectivity index (χ0v) is 7.96. The number of nitrogens with one attached hydrogen (secondary N) is 1. The maximum absolute atomic E-state index is 5.79. The molecule has 0 bridgehead atoms. The van der Waals surface area contributed by atoms with E-state index in [1.54, 1.807) is 0 Å². The van der Waals surface area contributed by atoms with Gasteiger partial charge in [-0.3, -0.25) is 0 Å². The fourth-order valence-corrected chi connectivity index (χ4v) is 1.98. The molecular weight excluding hydrogens is 160 g/mol.